The first-order valence-electron chi connectivity index (χ1n) is 8.85. The number of aromatic amines is 1. The third-order valence-electron chi connectivity index (χ3n) is 4.42. The lowest BCUT2D eigenvalue weighted by Crippen LogP contribution is -2.15. The second-order valence-electron chi connectivity index (χ2n) is 6.40. The van der Waals surface area contributed by atoms with Crippen LogP contribution in [-0.2, 0) is 0 Å². The molecule has 0 bridgehead atoms. The van der Waals surface area contributed by atoms with Gasteiger partial charge in [-0.25, -0.2) is 9.18 Å². The number of halogens is 2. The van der Waals surface area contributed by atoms with Crippen molar-refractivity contribution in [3.8, 4) is 28.9 Å². The molecule has 4 aromatic rings. The van der Waals surface area contributed by atoms with Gasteiger partial charge in [-0.2, -0.15) is 4.68 Å². The summed E-state index contributed by atoms with van der Waals surface area (Å²) in [6.45, 7) is 2.01. The number of rotatable bonds is 2. The summed E-state index contributed by atoms with van der Waals surface area (Å²) in [6.07, 6.45) is 0. The largest absolute Gasteiger partial charge is 0.348 e. The number of hydrogen-bond donors (Lipinski definition) is 1. The zero-order valence-electron chi connectivity index (χ0n) is 15.4. The lowest BCUT2D eigenvalue weighted by Gasteiger charge is -2.02. The zero-order chi connectivity index (χ0) is 20.4. The number of benzene rings is 3. The van der Waals surface area contributed by atoms with Crippen LogP contribution in [-0.4, -0.2) is 14.8 Å². The monoisotopic (exact) mass is 403 g/mol. The van der Waals surface area contributed by atoms with Gasteiger partial charge in [0.25, 0.3) is 0 Å². The molecule has 29 heavy (non-hydrogen) atoms. The van der Waals surface area contributed by atoms with Crippen LogP contribution < -0.4 is 5.69 Å². The number of aryl methyl sites for hydroxylation is 1. The van der Waals surface area contributed by atoms with E-state index in [0.29, 0.717) is 5.69 Å². The van der Waals surface area contributed by atoms with Crippen molar-refractivity contribution in [1.82, 2.24) is 14.8 Å². The summed E-state index contributed by atoms with van der Waals surface area (Å²) in [4.78, 5) is 14.9. The SMILES string of the molecule is Cc1ccccc1C#Cc1ccc(-n2nc(-c3c(F)cccc3Cl)[nH]c2=O)cc1. The van der Waals surface area contributed by atoms with E-state index < -0.39 is 11.5 Å². The van der Waals surface area contributed by atoms with Crippen LogP contribution in [0.15, 0.2) is 71.5 Å². The molecule has 0 spiro atoms. The highest BCUT2D eigenvalue weighted by molar-refractivity contribution is 6.33. The van der Waals surface area contributed by atoms with E-state index in [4.69, 9.17) is 11.6 Å². The molecule has 0 aliphatic heterocycles. The maximum atomic E-state index is 14.1. The molecule has 0 fully saturated rings. The van der Waals surface area contributed by atoms with Gasteiger partial charge >= 0.3 is 5.69 Å². The second kappa shape index (κ2) is 7.78. The van der Waals surface area contributed by atoms with Gasteiger partial charge in [0.15, 0.2) is 5.82 Å². The minimum absolute atomic E-state index is 0.0609. The van der Waals surface area contributed by atoms with Crippen molar-refractivity contribution in [3.05, 3.63) is 105 Å². The van der Waals surface area contributed by atoms with Gasteiger partial charge in [-0.05, 0) is 55.0 Å². The third-order valence-corrected chi connectivity index (χ3v) is 4.73. The summed E-state index contributed by atoms with van der Waals surface area (Å²) in [6, 6.07) is 19.3. The Bertz CT molecular complexity index is 1290. The molecule has 4 nitrogen and oxygen atoms in total. The van der Waals surface area contributed by atoms with Crippen LogP contribution in [0, 0.1) is 24.6 Å². The molecule has 0 saturated carbocycles. The third kappa shape index (κ3) is 3.84. The zero-order valence-corrected chi connectivity index (χ0v) is 16.2. The molecule has 1 heterocycles. The van der Waals surface area contributed by atoms with E-state index in [2.05, 4.69) is 21.9 Å². The summed E-state index contributed by atoms with van der Waals surface area (Å²) in [5.74, 6) is 5.77. The van der Waals surface area contributed by atoms with E-state index >= 15 is 0 Å². The molecular formula is C23H15ClFN3O. The molecule has 4 rings (SSSR count). The standard InChI is InChI=1S/C23H15ClFN3O/c1-15-5-2-3-6-17(15)12-9-16-10-13-18(14-11-16)28-23(29)26-22(27-28)21-19(24)7-4-8-20(21)25/h2-8,10-11,13-14H,1H3,(H,26,27,29). The van der Waals surface area contributed by atoms with Crippen LogP contribution >= 0.6 is 11.6 Å². The number of H-pyrrole nitrogens is 1. The predicted octanol–water partition coefficient (Wildman–Crippen LogP) is 4.73. The first-order chi connectivity index (χ1) is 14.0. The molecule has 6 heteroatoms. The van der Waals surface area contributed by atoms with Crippen LogP contribution in [0.25, 0.3) is 17.1 Å². The lowest BCUT2D eigenvalue weighted by atomic mass is 10.1. The van der Waals surface area contributed by atoms with Crippen molar-refractivity contribution in [2.75, 3.05) is 0 Å². The van der Waals surface area contributed by atoms with Crippen molar-refractivity contribution >= 4 is 11.6 Å². The van der Waals surface area contributed by atoms with E-state index in [-0.39, 0.29) is 16.4 Å². The minimum atomic E-state index is -0.555. The van der Waals surface area contributed by atoms with Crippen LogP contribution in [0.4, 0.5) is 4.39 Å². The first-order valence-corrected chi connectivity index (χ1v) is 9.22. The van der Waals surface area contributed by atoms with E-state index in [1.807, 2.05) is 31.2 Å². The van der Waals surface area contributed by atoms with Gasteiger partial charge in [0.05, 0.1) is 16.3 Å². The Labute approximate surface area is 171 Å². The van der Waals surface area contributed by atoms with Crippen molar-refractivity contribution in [2.45, 2.75) is 6.92 Å². The van der Waals surface area contributed by atoms with E-state index in [9.17, 15) is 9.18 Å². The van der Waals surface area contributed by atoms with Crippen molar-refractivity contribution in [2.24, 2.45) is 0 Å². The van der Waals surface area contributed by atoms with Crippen molar-refractivity contribution in [3.63, 3.8) is 0 Å². The Hall–Kier alpha value is -3.62. The molecule has 0 saturated heterocycles. The molecule has 0 aliphatic rings. The number of aromatic nitrogens is 3. The molecule has 142 valence electrons. The fraction of sp³-hybridized carbons (Fsp3) is 0.0435. The number of nitrogens with zero attached hydrogens (tertiary/aromatic N) is 2. The molecule has 0 unspecified atom stereocenters. The number of hydrogen-bond acceptors (Lipinski definition) is 2. The Balaban J connectivity index is 1.65. The van der Waals surface area contributed by atoms with Crippen molar-refractivity contribution < 1.29 is 4.39 Å². The van der Waals surface area contributed by atoms with E-state index in [1.165, 1.54) is 12.1 Å². The van der Waals surface area contributed by atoms with Gasteiger partial charge in [0.1, 0.15) is 5.82 Å². The highest BCUT2D eigenvalue weighted by Crippen LogP contribution is 2.27. The topological polar surface area (TPSA) is 50.7 Å². The van der Waals surface area contributed by atoms with Crippen molar-refractivity contribution in [1.29, 1.82) is 0 Å². The van der Waals surface area contributed by atoms with Gasteiger partial charge in [0.2, 0.25) is 0 Å². The van der Waals surface area contributed by atoms with E-state index in [0.717, 1.165) is 21.4 Å². The molecular weight excluding hydrogens is 389 g/mol. The molecule has 0 aliphatic carbocycles. The van der Waals surface area contributed by atoms with Gasteiger partial charge in [-0.3, -0.25) is 4.98 Å². The molecule has 0 amide bonds. The van der Waals surface area contributed by atoms with Crippen LogP contribution in [0.3, 0.4) is 0 Å². The minimum Gasteiger partial charge on any atom is -0.288 e. The maximum Gasteiger partial charge on any atom is 0.348 e. The van der Waals surface area contributed by atoms with Gasteiger partial charge in [-0.1, -0.05) is 47.7 Å². The maximum absolute atomic E-state index is 14.1. The summed E-state index contributed by atoms with van der Waals surface area (Å²) < 4.78 is 15.3. The van der Waals surface area contributed by atoms with Crippen LogP contribution in [0.5, 0.6) is 0 Å². The second-order valence-corrected chi connectivity index (χ2v) is 6.81. The molecule has 0 radical (unpaired) electrons. The quantitative estimate of drug-likeness (QED) is 0.492. The average Bonchev–Trinajstić information content (AvgIpc) is 3.09. The summed E-state index contributed by atoms with van der Waals surface area (Å²) in [5.41, 5.74) is 2.98. The van der Waals surface area contributed by atoms with Gasteiger partial charge in [-0.15, -0.1) is 5.10 Å². The Morgan fingerprint density at radius 3 is 2.48 bits per heavy atom. The Morgan fingerprint density at radius 1 is 1.00 bits per heavy atom. The van der Waals surface area contributed by atoms with Crippen LogP contribution in [0.1, 0.15) is 16.7 Å². The van der Waals surface area contributed by atoms with Gasteiger partial charge in [0, 0.05) is 11.1 Å². The van der Waals surface area contributed by atoms with Gasteiger partial charge < -0.3 is 0 Å². The average molecular weight is 404 g/mol. The first kappa shape index (κ1) is 18.7. The lowest BCUT2D eigenvalue weighted by molar-refractivity contribution is 0.630. The fourth-order valence-electron chi connectivity index (χ4n) is 2.87. The molecule has 0 atom stereocenters. The fourth-order valence-corrected chi connectivity index (χ4v) is 3.13. The predicted molar refractivity (Wildman–Crippen MR) is 112 cm³/mol. The molecule has 1 aromatic heterocycles. The van der Waals surface area contributed by atoms with Crippen LogP contribution in [0.2, 0.25) is 5.02 Å². The Morgan fingerprint density at radius 2 is 1.76 bits per heavy atom. The summed E-state index contributed by atoms with van der Waals surface area (Å²) in [7, 11) is 0. The highest BCUT2D eigenvalue weighted by Gasteiger charge is 2.15. The molecule has 1 N–H and O–H groups in total. The Kier molecular flexibility index (Phi) is 5.03. The summed E-state index contributed by atoms with van der Waals surface area (Å²) >= 11 is 6.06. The van der Waals surface area contributed by atoms with E-state index in [1.54, 1.807) is 30.3 Å². The smallest absolute Gasteiger partial charge is 0.288 e. The number of nitrogens with one attached hydrogen (secondary N) is 1. The highest BCUT2D eigenvalue weighted by atomic mass is 35.5. The summed E-state index contributed by atoms with van der Waals surface area (Å²) in [5, 5.41) is 4.37. The molecule has 3 aromatic carbocycles. The normalized spacial score (nSPS) is 10.4.